The summed E-state index contributed by atoms with van der Waals surface area (Å²) in [6, 6.07) is 1.98. The van der Waals surface area contributed by atoms with Crippen LogP contribution in [0.1, 0.15) is 17.0 Å². The number of rotatable bonds is 3. The average Bonchev–Trinajstić information content (AvgIpc) is 3.54. The number of ether oxygens (including phenoxy) is 1. The number of hydrogen-bond donors (Lipinski definition) is 0. The van der Waals surface area contributed by atoms with E-state index in [0.29, 0.717) is 5.75 Å². The molecule has 8 nitrogen and oxygen atoms in total. The van der Waals surface area contributed by atoms with Gasteiger partial charge in [0, 0.05) is 48.7 Å². The Labute approximate surface area is 182 Å². The van der Waals surface area contributed by atoms with E-state index in [0.717, 1.165) is 44.4 Å². The molecule has 0 bridgehead atoms. The van der Waals surface area contributed by atoms with Crippen LogP contribution in [-0.2, 0) is 14.1 Å². The van der Waals surface area contributed by atoms with Crippen LogP contribution in [0, 0.1) is 18.8 Å². The summed E-state index contributed by atoms with van der Waals surface area (Å²) in [5, 5.41) is 11.6. The minimum Gasteiger partial charge on any atom is -0.494 e. The molecule has 0 fully saturated rings. The van der Waals surface area contributed by atoms with E-state index in [4.69, 9.17) is 4.74 Å². The van der Waals surface area contributed by atoms with Gasteiger partial charge in [0.05, 0.1) is 31.3 Å². The molecule has 0 aliphatic heterocycles. The van der Waals surface area contributed by atoms with Gasteiger partial charge in [0.15, 0.2) is 10.8 Å². The highest BCUT2D eigenvalue weighted by Crippen LogP contribution is 2.29. The molecule has 5 heterocycles. The molecule has 0 spiro atoms. The fourth-order valence-corrected chi connectivity index (χ4v) is 4.20. The van der Waals surface area contributed by atoms with Crippen molar-refractivity contribution in [2.45, 2.75) is 6.92 Å². The molecule has 0 amide bonds. The van der Waals surface area contributed by atoms with Crippen LogP contribution in [-0.4, -0.2) is 41.0 Å². The van der Waals surface area contributed by atoms with Gasteiger partial charge in [-0.25, -0.2) is 14.5 Å². The molecular weight excluding hydrogens is 410 g/mol. The molecule has 0 aliphatic carbocycles. The van der Waals surface area contributed by atoms with Crippen molar-refractivity contribution in [3.8, 4) is 39.5 Å². The van der Waals surface area contributed by atoms with Crippen LogP contribution in [0.25, 0.3) is 27.5 Å². The number of pyridine rings is 1. The summed E-state index contributed by atoms with van der Waals surface area (Å²) in [4.78, 5) is 9.01. The van der Waals surface area contributed by atoms with Gasteiger partial charge in [-0.05, 0) is 18.9 Å². The predicted octanol–water partition coefficient (Wildman–Crippen LogP) is 3.31. The first-order valence-electron chi connectivity index (χ1n) is 9.54. The molecule has 5 aromatic heterocycles. The van der Waals surface area contributed by atoms with Gasteiger partial charge in [-0.2, -0.15) is 10.2 Å². The van der Waals surface area contributed by atoms with Crippen LogP contribution in [0.4, 0.5) is 0 Å². The summed E-state index contributed by atoms with van der Waals surface area (Å²) in [6.45, 7) is 1.97. The maximum Gasteiger partial charge on any atom is 0.169 e. The van der Waals surface area contributed by atoms with E-state index in [-0.39, 0.29) is 0 Å². The molecule has 31 heavy (non-hydrogen) atoms. The summed E-state index contributed by atoms with van der Waals surface area (Å²) in [6.07, 6.45) is 9.23. The second-order valence-electron chi connectivity index (χ2n) is 7.12. The molecular formula is C22H19N7OS. The van der Waals surface area contributed by atoms with E-state index in [1.54, 1.807) is 40.0 Å². The quantitative estimate of drug-likeness (QED) is 0.412. The summed E-state index contributed by atoms with van der Waals surface area (Å²) in [5.74, 6) is 7.94. The molecule has 0 atom stereocenters. The second-order valence-corrected chi connectivity index (χ2v) is 7.98. The Morgan fingerprint density at radius 2 is 1.90 bits per heavy atom. The fourth-order valence-electron chi connectivity index (χ4n) is 3.37. The molecule has 0 radical (unpaired) electrons. The van der Waals surface area contributed by atoms with Crippen molar-refractivity contribution in [2.24, 2.45) is 14.1 Å². The Bertz CT molecular complexity index is 1470. The molecule has 0 unspecified atom stereocenters. The summed E-state index contributed by atoms with van der Waals surface area (Å²) in [5.41, 5.74) is 5.34. The van der Waals surface area contributed by atoms with Crippen molar-refractivity contribution in [2.75, 3.05) is 7.11 Å². The number of aryl methyl sites for hydroxylation is 2. The first-order valence-corrected chi connectivity index (χ1v) is 10.4. The first-order chi connectivity index (χ1) is 15.0. The Balaban J connectivity index is 1.54. The van der Waals surface area contributed by atoms with Crippen LogP contribution in [0.3, 0.4) is 0 Å². The van der Waals surface area contributed by atoms with Crippen molar-refractivity contribution >= 4 is 16.9 Å². The summed E-state index contributed by atoms with van der Waals surface area (Å²) < 4.78 is 11.2. The van der Waals surface area contributed by atoms with Crippen LogP contribution in [0.15, 0.2) is 42.4 Å². The lowest BCUT2D eigenvalue weighted by Crippen LogP contribution is -1.95. The molecule has 0 aliphatic rings. The van der Waals surface area contributed by atoms with Crippen molar-refractivity contribution in [1.29, 1.82) is 0 Å². The zero-order valence-corrected chi connectivity index (χ0v) is 18.3. The minimum atomic E-state index is 0.701. The number of thiazole rings is 1. The topological polar surface area (TPSA) is 75.1 Å². The minimum absolute atomic E-state index is 0.701. The number of fused-ring (bicyclic) bond motifs is 1. The predicted molar refractivity (Wildman–Crippen MR) is 119 cm³/mol. The Morgan fingerprint density at radius 3 is 2.61 bits per heavy atom. The van der Waals surface area contributed by atoms with Crippen LogP contribution >= 0.6 is 11.3 Å². The summed E-state index contributed by atoms with van der Waals surface area (Å²) >= 11 is 1.58. The number of imidazole rings is 1. The summed E-state index contributed by atoms with van der Waals surface area (Å²) in [7, 11) is 5.48. The molecule has 0 aromatic carbocycles. The van der Waals surface area contributed by atoms with E-state index in [9.17, 15) is 0 Å². The third kappa shape index (κ3) is 3.37. The normalized spacial score (nSPS) is 11.0. The smallest absolute Gasteiger partial charge is 0.169 e. The maximum absolute atomic E-state index is 5.66. The van der Waals surface area contributed by atoms with E-state index < -0.39 is 0 Å². The van der Waals surface area contributed by atoms with Gasteiger partial charge in [0.25, 0.3) is 0 Å². The monoisotopic (exact) mass is 429 g/mol. The van der Waals surface area contributed by atoms with Gasteiger partial charge in [-0.3, -0.25) is 4.68 Å². The fraction of sp³-hybridized carbons (Fsp3) is 0.182. The average molecular weight is 430 g/mol. The molecule has 0 N–H and O–H groups in total. The van der Waals surface area contributed by atoms with Gasteiger partial charge in [-0.1, -0.05) is 5.92 Å². The van der Waals surface area contributed by atoms with E-state index >= 15 is 0 Å². The third-order valence-corrected chi connectivity index (χ3v) is 5.91. The van der Waals surface area contributed by atoms with E-state index in [1.165, 1.54) is 0 Å². The first kappa shape index (κ1) is 19.1. The van der Waals surface area contributed by atoms with Gasteiger partial charge in [0.2, 0.25) is 0 Å². The lowest BCUT2D eigenvalue weighted by molar-refractivity contribution is 0.417. The van der Waals surface area contributed by atoms with Crippen molar-refractivity contribution in [1.82, 2.24) is 33.9 Å². The zero-order chi connectivity index (χ0) is 21.5. The third-order valence-electron chi connectivity index (χ3n) is 4.96. The largest absolute Gasteiger partial charge is 0.494 e. The van der Waals surface area contributed by atoms with Crippen molar-refractivity contribution < 1.29 is 4.74 Å². The molecule has 5 aromatic rings. The van der Waals surface area contributed by atoms with Gasteiger partial charge in [0.1, 0.15) is 17.0 Å². The highest BCUT2D eigenvalue weighted by molar-refractivity contribution is 7.13. The lowest BCUT2D eigenvalue weighted by atomic mass is 10.1. The van der Waals surface area contributed by atoms with Crippen molar-refractivity contribution in [3.05, 3.63) is 59.4 Å². The van der Waals surface area contributed by atoms with Crippen LogP contribution < -0.4 is 4.74 Å². The standard InChI is InChI=1S/C22H19N7OS/c1-14-13-31-22(26-14)21-23-10-18(28(21)3)6-5-15-8-25-29-12-16(7-19(30-4)20(15)29)17-9-24-27(2)11-17/h7-13H,1-4H3. The van der Waals surface area contributed by atoms with E-state index in [2.05, 4.69) is 32.0 Å². The maximum atomic E-state index is 5.66. The molecule has 9 heteroatoms. The highest BCUT2D eigenvalue weighted by atomic mass is 32.1. The van der Waals surface area contributed by atoms with Gasteiger partial charge < -0.3 is 9.30 Å². The number of aromatic nitrogens is 7. The van der Waals surface area contributed by atoms with Crippen LogP contribution in [0.2, 0.25) is 0 Å². The zero-order valence-electron chi connectivity index (χ0n) is 17.5. The number of nitrogens with zero attached hydrogens (tertiary/aromatic N) is 7. The van der Waals surface area contributed by atoms with Gasteiger partial charge in [-0.15, -0.1) is 11.3 Å². The Kier molecular flexibility index (Phi) is 4.56. The molecule has 0 saturated carbocycles. The Hall–Kier alpha value is -3.90. The highest BCUT2D eigenvalue weighted by Gasteiger charge is 2.14. The van der Waals surface area contributed by atoms with E-state index in [1.807, 2.05) is 55.6 Å². The lowest BCUT2D eigenvalue weighted by Gasteiger charge is -2.06. The van der Waals surface area contributed by atoms with Crippen molar-refractivity contribution in [3.63, 3.8) is 0 Å². The van der Waals surface area contributed by atoms with Gasteiger partial charge >= 0.3 is 0 Å². The Morgan fingerprint density at radius 1 is 1.03 bits per heavy atom. The SMILES string of the molecule is COc1cc(-c2cnn(C)c2)cn2ncc(C#Cc3cnc(-c4nc(C)cs4)n3C)c12. The number of hydrogen-bond acceptors (Lipinski definition) is 6. The number of methoxy groups -OCH3 is 1. The molecule has 5 rings (SSSR count). The molecule has 0 saturated heterocycles. The van der Waals surface area contributed by atoms with Crippen LogP contribution in [0.5, 0.6) is 5.75 Å². The molecule has 154 valence electrons. The second kappa shape index (κ2) is 7.41.